The summed E-state index contributed by atoms with van der Waals surface area (Å²) in [5.41, 5.74) is 6.94. The van der Waals surface area contributed by atoms with Crippen LogP contribution in [0.1, 0.15) is 18.5 Å². The molecule has 0 amide bonds. The molecular weight excluding hydrogens is 376 g/mol. The molecule has 0 bridgehead atoms. The summed E-state index contributed by atoms with van der Waals surface area (Å²) >= 11 is 9.27. The minimum atomic E-state index is -3.69. The van der Waals surface area contributed by atoms with Crippen molar-refractivity contribution < 1.29 is 8.42 Å². The van der Waals surface area contributed by atoms with Crippen molar-refractivity contribution in [3.05, 3.63) is 57.5 Å². The molecule has 0 fully saturated rings. The number of nitrogens with two attached hydrogens (primary N) is 1. The van der Waals surface area contributed by atoms with Crippen molar-refractivity contribution in [1.29, 1.82) is 0 Å². The average molecular weight is 390 g/mol. The van der Waals surface area contributed by atoms with Crippen LogP contribution in [0.2, 0.25) is 5.02 Å². The van der Waals surface area contributed by atoms with E-state index < -0.39 is 10.0 Å². The Balaban J connectivity index is 2.31. The first-order valence-electron chi connectivity index (χ1n) is 6.13. The lowest BCUT2D eigenvalue weighted by molar-refractivity contribution is 0.601. The Hall–Kier alpha value is -1.08. The minimum Gasteiger partial charge on any atom is -0.324 e. The number of hydrogen-bond acceptors (Lipinski definition) is 3. The van der Waals surface area contributed by atoms with Gasteiger partial charge < -0.3 is 5.73 Å². The lowest BCUT2D eigenvalue weighted by atomic mass is 10.1. The molecule has 112 valence electrons. The van der Waals surface area contributed by atoms with Crippen LogP contribution in [0, 0.1) is 0 Å². The van der Waals surface area contributed by atoms with Crippen molar-refractivity contribution in [3.63, 3.8) is 0 Å². The van der Waals surface area contributed by atoms with Gasteiger partial charge in [0, 0.05) is 10.5 Å². The van der Waals surface area contributed by atoms with E-state index in [1.54, 1.807) is 30.3 Å². The van der Waals surface area contributed by atoms with Crippen LogP contribution in [0.5, 0.6) is 0 Å². The fourth-order valence-electron chi connectivity index (χ4n) is 1.73. The Morgan fingerprint density at radius 1 is 1.19 bits per heavy atom. The molecular formula is C14H14BrClN2O2S. The fourth-order valence-corrected chi connectivity index (χ4v) is 3.38. The van der Waals surface area contributed by atoms with E-state index in [1.165, 1.54) is 12.1 Å². The third-order valence-electron chi connectivity index (χ3n) is 2.89. The summed E-state index contributed by atoms with van der Waals surface area (Å²) in [4.78, 5) is 0.156. The second kappa shape index (κ2) is 6.36. The van der Waals surface area contributed by atoms with Crippen LogP contribution in [-0.2, 0) is 10.0 Å². The smallest absolute Gasteiger partial charge is 0.261 e. The van der Waals surface area contributed by atoms with Gasteiger partial charge in [0.25, 0.3) is 10.0 Å². The number of rotatable bonds is 4. The first kappa shape index (κ1) is 16.3. The molecule has 2 rings (SSSR count). The third kappa shape index (κ3) is 3.97. The molecule has 0 saturated carbocycles. The third-order valence-corrected chi connectivity index (χ3v) is 5.09. The molecule has 0 aromatic heterocycles. The summed E-state index contributed by atoms with van der Waals surface area (Å²) in [6, 6.07) is 11.2. The highest BCUT2D eigenvalue weighted by Gasteiger charge is 2.16. The summed E-state index contributed by atoms with van der Waals surface area (Å²) in [7, 11) is -3.69. The maximum atomic E-state index is 12.3. The molecule has 2 aromatic rings. The first-order valence-corrected chi connectivity index (χ1v) is 8.78. The van der Waals surface area contributed by atoms with E-state index in [-0.39, 0.29) is 10.9 Å². The molecule has 0 saturated heterocycles. The molecule has 7 heteroatoms. The van der Waals surface area contributed by atoms with Gasteiger partial charge in [-0.25, -0.2) is 8.42 Å². The van der Waals surface area contributed by atoms with Gasteiger partial charge >= 0.3 is 0 Å². The van der Waals surface area contributed by atoms with Crippen LogP contribution in [0.25, 0.3) is 0 Å². The Morgan fingerprint density at radius 3 is 2.38 bits per heavy atom. The van der Waals surface area contributed by atoms with Crippen LogP contribution >= 0.6 is 27.5 Å². The van der Waals surface area contributed by atoms with Crippen molar-refractivity contribution in [2.75, 3.05) is 4.72 Å². The minimum absolute atomic E-state index is 0.144. The number of anilines is 1. The summed E-state index contributed by atoms with van der Waals surface area (Å²) in [6.45, 7) is 1.84. The van der Waals surface area contributed by atoms with E-state index in [0.717, 1.165) is 10.0 Å². The zero-order valence-electron chi connectivity index (χ0n) is 11.2. The van der Waals surface area contributed by atoms with Gasteiger partial charge in [-0.1, -0.05) is 39.7 Å². The largest absolute Gasteiger partial charge is 0.324 e. The highest BCUT2D eigenvalue weighted by molar-refractivity contribution is 9.10. The van der Waals surface area contributed by atoms with Gasteiger partial charge in [-0.15, -0.1) is 0 Å². The number of benzene rings is 2. The molecule has 4 nitrogen and oxygen atoms in total. The van der Waals surface area contributed by atoms with Gasteiger partial charge in [0.2, 0.25) is 0 Å². The van der Waals surface area contributed by atoms with E-state index in [9.17, 15) is 8.42 Å². The Bertz CT molecular complexity index is 746. The van der Waals surface area contributed by atoms with Gasteiger partial charge in [0.1, 0.15) is 0 Å². The van der Waals surface area contributed by atoms with E-state index in [0.29, 0.717) is 10.7 Å². The number of halogens is 2. The van der Waals surface area contributed by atoms with Crippen LogP contribution in [0.3, 0.4) is 0 Å². The quantitative estimate of drug-likeness (QED) is 0.832. The molecule has 0 aliphatic rings. The summed E-state index contributed by atoms with van der Waals surface area (Å²) in [6.07, 6.45) is 0. The molecule has 3 N–H and O–H groups in total. The molecule has 0 heterocycles. The first-order chi connectivity index (χ1) is 9.79. The van der Waals surface area contributed by atoms with Gasteiger partial charge in [-0.3, -0.25) is 4.72 Å². The standard InChI is InChI=1S/C14H14BrClN2O2S/c1-9(17)10-2-5-12(6-3-10)21(19,20)18-14-8-11(15)4-7-13(14)16/h2-9,18H,17H2,1H3. The van der Waals surface area contributed by atoms with Crippen molar-refractivity contribution in [2.45, 2.75) is 17.9 Å². The highest BCUT2D eigenvalue weighted by Crippen LogP contribution is 2.28. The second-order valence-corrected chi connectivity index (χ2v) is 7.59. The number of nitrogens with one attached hydrogen (secondary N) is 1. The van der Waals surface area contributed by atoms with Gasteiger partial charge in [-0.05, 0) is 42.8 Å². The van der Waals surface area contributed by atoms with Crippen molar-refractivity contribution in [2.24, 2.45) is 5.73 Å². The normalized spacial score (nSPS) is 13.0. The topological polar surface area (TPSA) is 72.2 Å². The molecule has 1 unspecified atom stereocenters. The molecule has 21 heavy (non-hydrogen) atoms. The van der Waals surface area contributed by atoms with Crippen LogP contribution in [0.15, 0.2) is 51.8 Å². The Labute approximate surface area is 137 Å². The summed E-state index contributed by atoms with van der Waals surface area (Å²) in [5.74, 6) is 0. The van der Waals surface area contributed by atoms with Gasteiger partial charge in [0.15, 0.2) is 0 Å². The zero-order valence-corrected chi connectivity index (χ0v) is 14.3. The second-order valence-electron chi connectivity index (χ2n) is 4.59. The maximum absolute atomic E-state index is 12.3. The van der Waals surface area contributed by atoms with Crippen LogP contribution in [0.4, 0.5) is 5.69 Å². The van der Waals surface area contributed by atoms with E-state index in [2.05, 4.69) is 20.7 Å². The Kier molecular flexibility index (Phi) is 4.93. The molecule has 0 radical (unpaired) electrons. The lowest BCUT2D eigenvalue weighted by Gasteiger charge is -2.11. The summed E-state index contributed by atoms with van der Waals surface area (Å²) < 4.78 is 27.9. The van der Waals surface area contributed by atoms with Crippen LogP contribution < -0.4 is 10.5 Å². The summed E-state index contributed by atoms with van der Waals surface area (Å²) in [5, 5.41) is 0.328. The monoisotopic (exact) mass is 388 g/mol. The van der Waals surface area contributed by atoms with Crippen molar-refractivity contribution in [3.8, 4) is 0 Å². The zero-order chi connectivity index (χ0) is 15.6. The van der Waals surface area contributed by atoms with Gasteiger partial charge in [-0.2, -0.15) is 0 Å². The lowest BCUT2D eigenvalue weighted by Crippen LogP contribution is -2.13. The van der Waals surface area contributed by atoms with Gasteiger partial charge in [0.05, 0.1) is 15.6 Å². The highest BCUT2D eigenvalue weighted by atomic mass is 79.9. The molecule has 1 atom stereocenters. The van der Waals surface area contributed by atoms with Crippen LogP contribution in [-0.4, -0.2) is 8.42 Å². The maximum Gasteiger partial charge on any atom is 0.261 e. The Morgan fingerprint density at radius 2 is 1.81 bits per heavy atom. The molecule has 0 spiro atoms. The van der Waals surface area contributed by atoms with E-state index in [1.807, 2.05) is 6.92 Å². The van der Waals surface area contributed by atoms with E-state index >= 15 is 0 Å². The molecule has 2 aromatic carbocycles. The van der Waals surface area contributed by atoms with Crippen molar-refractivity contribution in [1.82, 2.24) is 0 Å². The molecule has 0 aliphatic heterocycles. The number of hydrogen-bond donors (Lipinski definition) is 2. The van der Waals surface area contributed by atoms with E-state index in [4.69, 9.17) is 17.3 Å². The molecule has 0 aliphatic carbocycles. The predicted octanol–water partition coefficient (Wildman–Crippen LogP) is 3.92. The van der Waals surface area contributed by atoms with Crippen molar-refractivity contribution >= 4 is 43.2 Å². The predicted molar refractivity (Wildman–Crippen MR) is 89.0 cm³/mol. The SMILES string of the molecule is CC(N)c1ccc(S(=O)(=O)Nc2cc(Br)ccc2Cl)cc1. The average Bonchev–Trinajstić information content (AvgIpc) is 2.43. The fraction of sp³-hybridized carbons (Fsp3) is 0.143. The number of sulfonamides is 1.